The molecule has 0 spiro atoms. The SMILES string of the molecule is CC(C)CC(=O)c1cccc(Cl)c1. The van der Waals surface area contributed by atoms with Gasteiger partial charge in [0, 0.05) is 17.0 Å². The van der Waals surface area contributed by atoms with Gasteiger partial charge in [-0.25, -0.2) is 0 Å². The second kappa shape index (κ2) is 4.43. The highest BCUT2D eigenvalue weighted by Gasteiger charge is 2.07. The third-order valence-corrected chi connectivity index (χ3v) is 1.98. The lowest BCUT2D eigenvalue weighted by molar-refractivity contribution is 0.0968. The summed E-state index contributed by atoms with van der Waals surface area (Å²) in [5.74, 6) is 0.559. The fourth-order valence-corrected chi connectivity index (χ4v) is 1.34. The van der Waals surface area contributed by atoms with E-state index < -0.39 is 0 Å². The number of hydrogen-bond donors (Lipinski definition) is 0. The predicted molar refractivity (Wildman–Crippen MR) is 55.2 cm³/mol. The summed E-state index contributed by atoms with van der Waals surface area (Å²) >= 11 is 5.77. The summed E-state index contributed by atoms with van der Waals surface area (Å²) in [6.45, 7) is 4.06. The first kappa shape index (κ1) is 10.3. The highest BCUT2D eigenvalue weighted by Crippen LogP contribution is 2.14. The lowest BCUT2D eigenvalue weighted by Crippen LogP contribution is -2.02. The molecule has 0 heterocycles. The van der Waals surface area contributed by atoms with Crippen LogP contribution < -0.4 is 0 Å². The van der Waals surface area contributed by atoms with Crippen molar-refractivity contribution >= 4 is 17.4 Å². The smallest absolute Gasteiger partial charge is 0.163 e. The van der Waals surface area contributed by atoms with Gasteiger partial charge in [-0.05, 0) is 18.1 Å². The molecule has 0 amide bonds. The van der Waals surface area contributed by atoms with Crippen LogP contribution in [0.4, 0.5) is 0 Å². The van der Waals surface area contributed by atoms with E-state index in [0.717, 1.165) is 0 Å². The summed E-state index contributed by atoms with van der Waals surface area (Å²) < 4.78 is 0. The number of halogens is 1. The Morgan fingerprint density at radius 3 is 2.69 bits per heavy atom. The van der Waals surface area contributed by atoms with E-state index in [2.05, 4.69) is 0 Å². The summed E-state index contributed by atoms with van der Waals surface area (Å²) in [4.78, 5) is 11.5. The summed E-state index contributed by atoms with van der Waals surface area (Å²) in [7, 11) is 0. The number of hydrogen-bond acceptors (Lipinski definition) is 1. The minimum absolute atomic E-state index is 0.164. The number of ketones is 1. The zero-order valence-electron chi connectivity index (χ0n) is 7.88. The molecule has 13 heavy (non-hydrogen) atoms. The van der Waals surface area contributed by atoms with Crippen LogP contribution in [0.3, 0.4) is 0 Å². The van der Waals surface area contributed by atoms with Crippen molar-refractivity contribution in [3.8, 4) is 0 Å². The first-order valence-corrected chi connectivity index (χ1v) is 4.76. The summed E-state index contributed by atoms with van der Waals surface area (Å²) in [5, 5.41) is 0.620. The number of carbonyl (C=O) groups is 1. The van der Waals surface area contributed by atoms with Crippen LogP contribution in [0.5, 0.6) is 0 Å². The zero-order chi connectivity index (χ0) is 9.84. The fourth-order valence-electron chi connectivity index (χ4n) is 1.15. The molecule has 1 rings (SSSR count). The maximum absolute atomic E-state index is 11.5. The molecular formula is C11H13ClO. The van der Waals surface area contributed by atoms with Crippen molar-refractivity contribution in [2.45, 2.75) is 20.3 Å². The van der Waals surface area contributed by atoms with Crippen molar-refractivity contribution in [1.82, 2.24) is 0 Å². The van der Waals surface area contributed by atoms with Crippen molar-refractivity contribution < 1.29 is 4.79 Å². The summed E-state index contributed by atoms with van der Waals surface area (Å²) in [6, 6.07) is 7.09. The normalized spacial score (nSPS) is 10.5. The van der Waals surface area contributed by atoms with E-state index in [1.165, 1.54) is 0 Å². The van der Waals surface area contributed by atoms with Gasteiger partial charge >= 0.3 is 0 Å². The van der Waals surface area contributed by atoms with Gasteiger partial charge in [-0.3, -0.25) is 4.79 Å². The summed E-state index contributed by atoms with van der Waals surface area (Å²) in [5.41, 5.74) is 0.709. The zero-order valence-corrected chi connectivity index (χ0v) is 8.64. The highest BCUT2D eigenvalue weighted by atomic mass is 35.5. The predicted octanol–water partition coefficient (Wildman–Crippen LogP) is 3.57. The molecule has 0 unspecified atom stereocenters. The third-order valence-electron chi connectivity index (χ3n) is 1.74. The van der Waals surface area contributed by atoms with E-state index in [1.54, 1.807) is 24.3 Å². The Hall–Kier alpha value is -0.820. The molecule has 0 saturated carbocycles. The Kier molecular flexibility index (Phi) is 3.49. The van der Waals surface area contributed by atoms with Gasteiger partial charge in [0.2, 0.25) is 0 Å². The largest absolute Gasteiger partial charge is 0.294 e. The van der Waals surface area contributed by atoms with Gasteiger partial charge in [-0.2, -0.15) is 0 Å². The van der Waals surface area contributed by atoms with Gasteiger partial charge < -0.3 is 0 Å². The molecule has 1 nitrogen and oxygen atoms in total. The lowest BCUT2D eigenvalue weighted by Gasteiger charge is -2.03. The van der Waals surface area contributed by atoms with Gasteiger partial charge in [0.15, 0.2) is 5.78 Å². The van der Waals surface area contributed by atoms with Crippen molar-refractivity contribution in [2.24, 2.45) is 5.92 Å². The van der Waals surface area contributed by atoms with Crippen molar-refractivity contribution in [3.63, 3.8) is 0 Å². The van der Waals surface area contributed by atoms with Crippen LogP contribution in [-0.2, 0) is 0 Å². The van der Waals surface area contributed by atoms with Gasteiger partial charge in [-0.1, -0.05) is 37.6 Å². The van der Waals surface area contributed by atoms with E-state index >= 15 is 0 Å². The monoisotopic (exact) mass is 196 g/mol. The molecule has 2 heteroatoms. The molecule has 0 aliphatic carbocycles. The molecule has 0 atom stereocenters. The molecule has 0 fully saturated rings. The quantitative estimate of drug-likeness (QED) is 0.676. The van der Waals surface area contributed by atoms with E-state index in [0.29, 0.717) is 22.9 Å². The van der Waals surface area contributed by atoms with Crippen LogP contribution >= 0.6 is 11.6 Å². The number of carbonyl (C=O) groups excluding carboxylic acids is 1. The molecule has 0 aliphatic heterocycles. The van der Waals surface area contributed by atoms with Gasteiger partial charge in [0.05, 0.1) is 0 Å². The molecule has 0 radical (unpaired) electrons. The van der Waals surface area contributed by atoms with Crippen LogP contribution in [0, 0.1) is 5.92 Å². The Labute approximate surface area is 83.7 Å². The lowest BCUT2D eigenvalue weighted by atomic mass is 10.0. The Morgan fingerprint density at radius 2 is 2.15 bits per heavy atom. The Balaban J connectivity index is 2.77. The molecule has 70 valence electrons. The number of benzene rings is 1. The van der Waals surface area contributed by atoms with E-state index in [-0.39, 0.29) is 5.78 Å². The fraction of sp³-hybridized carbons (Fsp3) is 0.364. The average Bonchev–Trinajstić information content (AvgIpc) is 2.03. The molecule has 0 bridgehead atoms. The van der Waals surface area contributed by atoms with Gasteiger partial charge in [-0.15, -0.1) is 0 Å². The van der Waals surface area contributed by atoms with Crippen LogP contribution in [-0.4, -0.2) is 5.78 Å². The van der Waals surface area contributed by atoms with Gasteiger partial charge in [0.25, 0.3) is 0 Å². The maximum Gasteiger partial charge on any atom is 0.163 e. The standard InChI is InChI=1S/C11H13ClO/c1-8(2)6-11(13)9-4-3-5-10(12)7-9/h3-5,7-8H,6H2,1-2H3. The van der Waals surface area contributed by atoms with E-state index in [9.17, 15) is 4.79 Å². The average molecular weight is 197 g/mol. The van der Waals surface area contributed by atoms with Crippen molar-refractivity contribution in [3.05, 3.63) is 34.9 Å². The third kappa shape index (κ3) is 3.19. The van der Waals surface area contributed by atoms with E-state index in [1.807, 2.05) is 13.8 Å². The van der Waals surface area contributed by atoms with Crippen LogP contribution in [0.1, 0.15) is 30.6 Å². The highest BCUT2D eigenvalue weighted by molar-refractivity contribution is 6.31. The molecule has 0 saturated heterocycles. The minimum atomic E-state index is 0.164. The van der Waals surface area contributed by atoms with E-state index in [4.69, 9.17) is 11.6 Å². The van der Waals surface area contributed by atoms with Crippen molar-refractivity contribution in [1.29, 1.82) is 0 Å². The number of Topliss-reactive ketones (excluding diaryl/α,β-unsaturated/α-hetero) is 1. The molecule has 1 aromatic carbocycles. The molecule has 0 aromatic heterocycles. The molecular weight excluding hydrogens is 184 g/mol. The van der Waals surface area contributed by atoms with Crippen LogP contribution in [0.25, 0.3) is 0 Å². The minimum Gasteiger partial charge on any atom is -0.294 e. The Morgan fingerprint density at radius 1 is 1.46 bits per heavy atom. The van der Waals surface area contributed by atoms with Crippen LogP contribution in [0.2, 0.25) is 5.02 Å². The number of rotatable bonds is 3. The van der Waals surface area contributed by atoms with Crippen LogP contribution in [0.15, 0.2) is 24.3 Å². The first-order chi connectivity index (χ1) is 6.09. The van der Waals surface area contributed by atoms with Crippen molar-refractivity contribution in [2.75, 3.05) is 0 Å². The maximum atomic E-state index is 11.5. The molecule has 0 N–H and O–H groups in total. The molecule has 1 aromatic rings. The molecule has 0 aliphatic rings. The second-order valence-electron chi connectivity index (χ2n) is 3.53. The van der Waals surface area contributed by atoms with Gasteiger partial charge in [0.1, 0.15) is 0 Å². The Bertz CT molecular complexity index is 305. The first-order valence-electron chi connectivity index (χ1n) is 4.38. The summed E-state index contributed by atoms with van der Waals surface area (Å²) in [6.07, 6.45) is 0.584. The second-order valence-corrected chi connectivity index (χ2v) is 3.97. The topological polar surface area (TPSA) is 17.1 Å².